The van der Waals surface area contributed by atoms with Gasteiger partial charge in [0.25, 0.3) is 0 Å². The summed E-state index contributed by atoms with van der Waals surface area (Å²) in [6.07, 6.45) is 3.73. The SMILES string of the molecule is COC(=O)c1ccc(N=Cc2cccn2-c2ccc(Br)cc2)cc1Cl. The minimum atomic E-state index is -0.468. The minimum absolute atomic E-state index is 0.310. The van der Waals surface area contributed by atoms with Crippen LogP contribution >= 0.6 is 27.5 Å². The van der Waals surface area contributed by atoms with Gasteiger partial charge in [-0.3, -0.25) is 4.99 Å². The van der Waals surface area contributed by atoms with E-state index in [0.29, 0.717) is 16.3 Å². The van der Waals surface area contributed by atoms with Crippen molar-refractivity contribution in [3.8, 4) is 5.69 Å². The third-order valence-electron chi connectivity index (χ3n) is 3.59. The molecule has 0 saturated carbocycles. The molecule has 0 amide bonds. The summed E-state index contributed by atoms with van der Waals surface area (Å²) < 4.78 is 7.74. The molecule has 0 aliphatic heterocycles. The molecular weight excluding hydrogens is 404 g/mol. The first kappa shape index (κ1) is 17.5. The van der Waals surface area contributed by atoms with Crippen LogP contribution in [-0.2, 0) is 4.74 Å². The Hall–Kier alpha value is -2.37. The van der Waals surface area contributed by atoms with Crippen molar-refractivity contribution in [2.24, 2.45) is 4.99 Å². The van der Waals surface area contributed by atoms with E-state index in [1.165, 1.54) is 7.11 Å². The van der Waals surface area contributed by atoms with Crippen LogP contribution in [0, 0.1) is 0 Å². The van der Waals surface area contributed by atoms with Crippen LogP contribution in [0.2, 0.25) is 5.02 Å². The maximum absolute atomic E-state index is 11.6. The summed E-state index contributed by atoms with van der Waals surface area (Å²) in [4.78, 5) is 16.0. The average molecular weight is 418 g/mol. The molecule has 1 aromatic heterocycles. The smallest absolute Gasteiger partial charge is 0.339 e. The van der Waals surface area contributed by atoms with Crippen molar-refractivity contribution in [3.63, 3.8) is 0 Å². The Bertz CT molecular complexity index is 933. The summed E-state index contributed by atoms with van der Waals surface area (Å²) in [5, 5.41) is 0.310. The third kappa shape index (κ3) is 4.00. The molecule has 25 heavy (non-hydrogen) atoms. The molecule has 0 fully saturated rings. The predicted octanol–water partition coefficient (Wildman–Crippen LogP) is 5.43. The molecule has 3 aromatic rings. The number of aromatic nitrogens is 1. The summed E-state index contributed by atoms with van der Waals surface area (Å²) in [5.41, 5.74) is 2.94. The molecule has 0 bridgehead atoms. The van der Waals surface area contributed by atoms with Gasteiger partial charge in [0.1, 0.15) is 0 Å². The van der Waals surface area contributed by atoms with Gasteiger partial charge in [-0.2, -0.15) is 0 Å². The molecule has 0 N–H and O–H groups in total. The monoisotopic (exact) mass is 416 g/mol. The minimum Gasteiger partial charge on any atom is -0.465 e. The second kappa shape index (κ2) is 7.68. The Morgan fingerprint density at radius 2 is 1.96 bits per heavy atom. The maximum Gasteiger partial charge on any atom is 0.339 e. The fourth-order valence-electron chi connectivity index (χ4n) is 2.34. The first-order valence-corrected chi connectivity index (χ1v) is 8.61. The average Bonchev–Trinajstić information content (AvgIpc) is 3.08. The number of rotatable bonds is 4. The fraction of sp³-hybridized carbons (Fsp3) is 0.0526. The summed E-state index contributed by atoms with van der Waals surface area (Å²) >= 11 is 9.56. The number of esters is 1. The zero-order chi connectivity index (χ0) is 17.8. The van der Waals surface area contributed by atoms with Gasteiger partial charge in [0.05, 0.1) is 35.3 Å². The number of carbonyl (C=O) groups is 1. The number of aliphatic imine (C=N–C) groups is 1. The Labute approximate surface area is 158 Å². The summed E-state index contributed by atoms with van der Waals surface area (Å²) in [6.45, 7) is 0. The first-order valence-electron chi connectivity index (χ1n) is 7.44. The van der Waals surface area contributed by atoms with E-state index >= 15 is 0 Å². The second-order valence-electron chi connectivity index (χ2n) is 5.19. The van der Waals surface area contributed by atoms with Crippen LogP contribution in [0.25, 0.3) is 5.69 Å². The lowest BCUT2D eigenvalue weighted by Crippen LogP contribution is -2.01. The number of nitrogens with zero attached hydrogens (tertiary/aromatic N) is 2. The third-order valence-corrected chi connectivity index (χ3v) is 4.43. The Balaban J connectivity index is 1.86. The lowest BCUT2D eigenvalue weighted by atomic mass is 10.2. The summed E-state index contributed by atoms with van der Waals surface area (Å²) in [5.74, 6) is -0.468. The van der Waals surface area contributed by atoms with Crippen molar-refractivity contribution < 1.29 is 9.53 Å². The number of ether oxygens (including phenoxy) is 1. The molecule has 0 atom stereocenters. The molecule has 0 unspecified atom stereocenters. The van der Waals surface area contributed by atoms with Crippen LogP contribution in [-0.4, -0.2) is 23.9 Å². The van der Waals surface area contributed by atoms with Gasteiger partial charge in [-0.05, 0) is 54.6 Å². The molecule has 0 aliphatic carbocycles. The molecule has 4 nitrogen and oxygen atoms in total. The topological polar surface area (TPSA) is 43.6 Å². The predicted molar refractivity (Wildman–Crippen MR) is 104 cm³/mol. The lowest BCUT2D eigenvalue weighted by molar-refractivity contribution is 0.0601. The molecule has 0 spiro atoms. The van der Waals surface area contributed by atoms with Crippen LogP contribution in [0.5, 0.6) is 0 Å². The normalized spacial score (nSPS) is 11.0. The largest absolute Gasteiger partial charge is 0.465 e. The highest BCUT2D eigenvalue weighted by atomic mass is 79.9. The van der Waals surface area contributed by atoms with E-state index in [1.54, 1.807) is 24.4 Å². The van der Waals surface area contributed by atoms with Crippen molar-refractivity contribution in [1.29, 1.82) is 0 Å². The molecule has 0 aliphatic rings. The molecule has 1 heterocycles. The zero-order valence-corrected chi connectivity index (χ0v) is 15.7. The molecule has 3 rings (SSSR count). The number of hydrogen-bond donors (Lipinski definition) is 0. The van der Waals surface area contributed by atoms with Gasteiger partial charge in [0, 0.05) is 16.4 Å². The van der Waals surface area contributed by atoms with Crippen LogP contribution in [0.4, 0.5) is 5.69 Å². The molecule has 6 heteroatoms. The maximum atomic E-state index is 11.6. The van der Waals surface area contributed by atoms with Crippen molar-refractivity contribution in [1.82, 2.24) is 4.57 Å². The van der Waals surface area contributed by atoms with Gasteiger partial charge >= 0.3 is 5.97 Å². The van der Waals surface area contributed by atoms with E-state index in [2.05, 4.69) is 25.7 Å². The van der Waals surface area contributed by atoms with Crippen LogP contribution < -0.4 is 0 Å². The highest BCUT2D eigenvalue weighted by molar-refractivity contribution is 9.10. The van der Waals surface area contributed by atoms with Crippen LogP contribution in [0.15, 0.2) is 70.3 Å². The standard InChI is InChI=1S/C19H14BrClN2O2/c1-25-19(24)17-9-6-14(11-18(17)21)22-12-16-3-2-10-23(16)15-7-4-13(20)5-8-15/h2-12H,1H3. The van der Waals surface area contributed by atoms with Gasteiger partial charge in [-0.15, -0.1) is 0 Å². The van der Waals surface area contributed by atoms with E-state index in [9.17, 15) is 4.79 Å². The summed E-state index contributed by atoms with van der Waals surface area (Å²) in [6, 6.07) is 16.9. The van der Waals surface area contributed by atoms with Gasteiger partial charge in [0.2, 0.25) is 0 Å². The van der Waals surface area contributed by atoms with Crippen LogP contribution in [0.1, 0.15) is 16.1 Å². The second-order valence-corrected chi connectivity index (χ2v) is 6.52. The van der Waals surface area contributed by atoms with E-state index in [4.69, 9.17) is 11.6 Å². The quantitative estimate of drug-likeness (QED) is 0.419. The number of benzene rings is 2. The highest BCUT2D eigenvalue weighted by Crippen LogP contribution is 2.24. The van der Waals surface area contributed by atoms with E-state index < -0.39 is 5.97 Å². The van der Waals surface area contributed by atoms with Crippen molar-refractivity contribution in [3.05, 3.63) is 81.5 Å². The van der Waals surface area contributed by atoms with Gasteiger partial charge in [0.15, 0.2) is 0 Å². The molecular formula is C19H14BrClN2O2. The number of halogens is 2. The number of methoxy groups -OCH3 is 1. The fourth-order valence-corrected chi connectivity index (χ4v) is 2.85. The van der Waals surface area contributed by atoms with E-state index in [-0.39, 0.29) is 0 Å². The molecule has 0 saturated heterocycles. The molecule has 0 radical (unpaired) electrons. The van der Waals surface area contributed by atoms with E-state index in [0.717, 1.165) is 15.9 Å². The number of carbonyl (C=O) groups excluding carboxylic acids is 1. The Morgan fingerprint density at radius 1 is 1.20 bits per heavy atom. The van der Waals surface area contributed by atoms with Crippen LogP contribution in [0.3, 0.4) is 0 Å². The van der Waals surface area contributed by atoms with Gasteiger partial charge in [-0.1, -0.05) is 27.5 Å². The van der Waals surface area contributed by atoms with Gasteiger partial charge < -0.3 is 9.30 Å². The number of hydrogen-bond acceptors (Lipinski definition) is 3. The van der Waals surface area contributed by atoms with Crippen molar-refractivity contribution in [2.45, 2.75) is 0 Å². The lowest BCUT2D eigenvalue weighted by Gasteiger charge is -2.06. The Morgan fingerprint density at radius 3 is 2.64 bits per heavy atom. The molecule has 126 valence electrons. The summed E-state index contributed by atoms with van der Waals surface area (Å²) in [7, 11) is 1.32. The van der Waals surface area contributed by atoms with Gasteiger partial charge in [-0.25, -0.2) is 4.79 Å². The highest BCUT2D eigenvalue weighted by Gasteiger charge is 2.10. The zero-order valence-electron chi connectivity index (χ0n) is 13.3. The van der Waals surface area contributed by atoms with Crippen molar-refractivity contribution >= 4 is 45.4 Å². The molecule has 2 aromatic carbocycles. The first-order chi connectivity index (χ1) is 12.1. The van der Waals surface area contributed by atoms with E-state index in [1.807, 2.05) is 47.2 Å². The Kier molecular flexibility index (Phi) is 5.36. The van der Waals surface area contributed by atoms with Crippen molar-refractivity contribution in [2.75, 3.05) is 7.11 Å².